The van der Waals surface area contributed by atoms with Crippen molar-refractivity contribution in [2.24, 2.45) is 0 Å². The second kappa shape index (κ2) is 9.66. The first-order valence-corrected chi connectivity index (χ1v) is 11.0. The van der Waals surface area contributed by atoms with E-state index in [4.69, 9.17) is 5.73 Å². The summed E-state index contributed by atoms with van der Waals surface area (Å²) in [5.41, 5.74) is 9.18. The van der Waals surface area contributed by atoms with Gasteiger partial charge in [-0.15, -0.1) is 0 Å². The first-order valence-electron chi connectivity index (χ1n) is 11.0. The summed E-state index contributed by atoms with van der Waals surface area (Å²) in [6.45, 7) is 1.33. The van der Waals surface area contributed by atoms with Crippen LogP contribution in [0, 0.1) is 5.82 Å². The lowest BCUT2D eigenvalue weighted by molar-refractivity contribution is -0.129. The van der Waals surface area contributed by atoms with Crippen molar-refractivity contribution in [3.63, 3.8) is 0 Å². The van der Waals surface area contributed by atoms with Crippen LogP contribution in [0.5, 0.6) is 0 Å². The lowest BCUT2D eigenvalue weighted by Crippen LogP contribution is -2.52. The summed E-state index contributed by atoms with van der Waals surface area (Å²) >= 11 is 0. The predicted molar refractivity (Wildman–Crippen MR) is 121 cm³/mol. The van der Waals surface area contributed by atoms with Gasteiger partial charge in [0, 0.05) is 12.2 Å². The number of pyridine rings is 1. The molecule has 2 heterocycles. The summed E-state index contributed by atoms with van der Waals surface area (Å²) in [7, 11) is 0. The van der Waals surface area contributed by atoms with Crippen LogP contribution in [0.2, 0.25) is 0 Å². The van der Waals surface area contributed by atoms with E-state index in [1.54, 1.807) is 19.1 Å². The third kappa shape index (κ3) is 5.03. The van der Waals surface area contributed by atoms with Crippen LogP contribution in [0.4, 0.5) is 14.6 Å². The van der Waals surface area contributed by atoms with Crippen molar-refractivity contribution in [1.82, 2.24) is 20.9 Å². The highest BCUT2D eigenvalue weighted by atomic mass is 19.1. The normalized spacial score (nSPS) is 20.5. The summed E-state index contributed by atoms with van der Waals surface area (Å²) in [4.78, 5) is 29.8. The van der Waals surface area contributed by atoms with Crippen LogP contribution in [-0.4, -0.2) is 35.4 Å². The molecule has 1 aliphatic heterocycles. The Morgan fingerprint density at radius 2 is 2.09 bits per heavy atom. The molecule has 0 saturated carbocycles. The number of alkyl halides is 1. The van der Waals surface area contributed by atoms with Crippen LogP contribution >= 0.6 is 0 Å². The highest BCUT2D eigenvalue weighted by Gasteiger charge is 2.29. The molecule has 33 heavy (non-hydrogen) atoms. The molecule has 3 atom stereocenters. The first-order chi connectivity index (χ1) is 15.9. The topological polar surface area (TPSA) is 109 Å². The molecule has 0 fully saturated rings. The van der Waals surface area contributed by atoms with Crippen molar-refractivity contribution in [3.05, 3.63) is 64.6 Å². The van der Waals surface area contributed by atoms with Gasteiger partial charge in [-0.25, -0.2) is 13.8 Å². The van der Waals surface area contributed by atoms with E-state index in [2.05, 4.69) is 20.9 Å². The number of benzene rings is 1. The summed E-state index contributed by atoms with van der Waals surface area (Å²) < 4.78 is 26.8. The summed E-state index contributed by atoms with van der Waals surface area (Å²) in [6.07, 6.45) is 3.75. The number of rotatable bonds is 6. The number of fused-ring (bicyclic) bond motifs is 1. The quantitative estimate of drug-likeness (QED) is 0.535. The fourth-order valence-corrected chi connectivity index (χ4v) is 4.38. The van der Waals surface area contributed by atoms with E-state index in [0.717, 1.165) is 29.7 Å². The van der Waals surface area contributed by atoms with Gasteiger partial charge >= 0.3 is 0 Å². The SMILES string of the molecule is CC(NC(=O)[C@@H]1C=C(c2ccc(F)cc2CF)CCN1)C(=O)N[C@@H]1CCc2nc(N)ccc21. The fraction of sp³-hybridized carbons (Fsp3) is 0.375. The Kier molecular flexibility index (Phi) is 6.69. The van der Waals surface area contributed by atoms with Gasteiger partial charge in [0.1, 0.15) is 30.4 Å². The molecule has 9 heteroatoms. The lowest BCUT2D eigenvalue weighted by atomic mass is 9.93. The molecule has 7 nitrogen and oxygen atoms in total. The van der Waals surface area contributed by atoms with Gasteiger partial charge in [-0.2, -0.15) is 0 Å². The van der Waals surface area contributed by atoms with Crippen LogP contribution in [-0.2, 0) is 22.7 Å². The van der Waals surface area contributed by atoms with E-state index >= 15 is 0 Å². The van der Waals surface area contributed by atoms with Crippen molar-refractivity contribution in [3.8, 4) is 0 Å². The van der Waals surface area contributed by atoms with E-state index in [9.17, 15) is 18.4 Å². The van der Waals surface area contributed by atoms with Crippen LogP contribution in [0.15, 0.2) is 36.4 Å². The minimum Gasteiger partial charge on any atom is -0.384 e. The Bertz CT molecular complexity index is 1100. The van der Waals surface area contributed by atoms with Crippen LogP contribution < -0.4 is 21.7 Å². The van der Waals surface area contributed by atoms with Crippen molar-refractivity contribution in [2.75, 3.05) is 12.3 Å². The molecule has 0 radical (unpaired) electrons. The van der Waals surface area contributed by atoms with Crippen molar-refractivity contribution in [1.29, 1.82) is 0 Å². The van der Waals surface area contributed by atoms with Crippen molar-refractivity contribution in [2.45, 2.75) is 51.0 Å². The number of nitrogens with two attached hydrogens (primary N) is 1. The lowest BCUT2D eigenvalue weighted by Gasteiger charge is -2.25. The monoisotopic (exact) mass is 455 g/mol. The average Bonchev–Trinajstić information content (AvgIpc) is 3.20. The number of hydrogen-bond acceptors (Lipinski definition) is 5. The smallest absolute Gasteiger partial charge is 0.242 e. The van der Waals surface area contributed by atoms with Gasteiger partial charge in [0.15, 0.2) is 0 Å². The minimum absolute atomic E-state index is 0.170. The van der Waals surface area contributed by atoms with Crippen LogP contribution in [0.3, 0.4) is 0 Å². The second-order valence-electron chi connectivity index (χ2n) is 8.41. The third-order valence-corrected chi connectivity index (χ3v) is 6.11. The molecule has 2 amide bonds. The number of carbonyl (C=O) groups is 2. The van der Waals surface area contributed by atoms with Gasteiger partial charge in [-0.05, 0) is 66.6 Å². The maximum absolute atomic E-state index is 13.5. The molecule has 0 spiro atoms. The number of nitrogens with zero attached hydrogens (tertiary/aromatic N) is 1. The predicted octanol–water partition coefficient (Wildman–Crippen LogP) is 2.33. The Hall–Kier alpha value is -3.33. The molecule has 2 aromatic rings. The zero-order valence-electron chi connectivity index (χ0n) is 18.3. The molecule has 1 aromatic carbocycles. The number of nitrogen functional groups attached to an aromatic ring is 1. The molecular formula is C24H27F2N5O2. The Morgan fingerprint density at radius 1 is 1.27 bits per heavy atom. The van der Waals surface area contributed by atoms with E-state index in [1.807, 2.05) is 6.07 Å². The molecule has 5 N–H and O–H groups in total. The van der Waals surface area contributed by atoms with Crippen LogP contribution in [0.1, 0.15) is 48.2 Å². The van der Waals surface area contributed by atoms with E-state index in [-0.39, 0.29) is 23.4 Å². The largest absolute Gasteiger partial charge is 0.384 e. The fourth-order valence-electron chi connectivity index (χ4n) is 4.38. The number of carbonyl (C=O) groups excluding carboxylic acids is 2. The van der Waals surface area contributed by atoms with E-state index < -0.39 is 24.6 Å². The van der Waals surface area contributed by atoms with Gasteiger partial charge in [0.2, 0.25) is 11.8 Å². The maximum Gasteiger partial charge on any atom is 0.242 e. The summed E-state index contributed by atoms with van der Waals surface area (Å²) in [6, 6.07) is 5.97. The molecule has 2 aliphatic rings. The number of nitrogens with one attached hydrogen (secondary N) is 3. The van der Waals surface area contributed by atoms with E-state index in [1.165, 1.54) is 18.2 Å². The zero-order chi connectivity index (χ0) is 23.5. The van der Waals surface area contributed by atoms with Gasteiger partial charge in [0.25, 0.3) is 0 Å². The molecule has 0 bridgehead atoms. The highest BCUT2D eigenvalue weighted by Crippen LogP contribution is 2.30. The molecule has 1 aromatic heterocycles. The number of anilines is 1. The second-order valence-corrected chi connectivity index (χ2v) is 8.41. The number of amides is 2. The third-order valence-electron chi connectivity index (χ3n) is 6.11. The zero-order valence-corrected chi connectivity index (χ0v) is 18.3. The van der Waals surface area contributed by atoms with Gasteiger partial charge in [-0.1, -0.05) is 18.2 Å². The molecule has 0 saturated heterocycles. The molecular weight excluding hydrogens is 428 g/mol. The number of hydrogen-bond donors (Lipinski definition) is 4. The molecule has 1 aliphatic carbocycles. The van der Waals surface area contributed by atoms with Gasteiger partial charge < -0.3 is 21.7 Å². The van der Waals surface area contributed by atoms with Crippen molar-refractivity contribution >= 4 is 23.2 Å². The van der Waals surface area contributed by atoms with Gasteiger partial charge in [0.05, 0.1) is 6.04 Å². The Balaban J connectivity index is 1.40. The maximum atomic E-state index is 13.5. The van der Waals surface area contributed by atoms with E-state index in [0.29, 0.717) is 24.3 Å². The Morgan fingerprint density at radius 3 is 2.88 bits per heavy atom. The first kappa shape index (κ1) is 22.8. The Labute approximate surface area is 190 Å². The summed E-state index contributed by atoms with van der Waals surface area (Å²) in [5.74, 6) is -0.705. The van der Waals surface area contributed by atoms with Crippen LogP contribution in [0.25, 0.3) is 5.57 Å². The molecule has 174 valence electrons. The summed E-state index contributed by atoms with van der Waals surface area (Å²) in [5, 5.41) is 8.80. The van der Waals surface area contributed by atoms with Gasteiger partial charge in [-0.3, -0.25) is 9.59 Å². The number of halogens is 2. The standard InChI is InChI=1S/C24H27F2N5O2/c1-13(23(32)31-20-6-5-19-18(20)4-7-22(27)30-19)29-24(33)21-11-14(8-9-28-21)17-3-2-16(26)10-15(17)12-25/h2-4,7,10-11,13,20-21,28H,5-6,8-9,12H2,1H3,(H2,27,30)(H,29,33)(H,31,32)/t13?,20-,21+/m1/s1. The molecule has 1 unspecified atom stereocenters. The average molecular weight is 456 g/mol. The highest BCUT2D eigenvalue weighted by molar-refractivity contribution is 5.92. The van der Waals surface area contributed by atoms with Crippen molar-refractivity contribution < 1.29 is 18.4 Å². The minimum atomic E-state index is -0.793. The molecule has 4 rings (SSSR count). The number of aromatic nitrogens is 1. The number of aryl methyl sites for hydroxylation is 1.